The monoisotopic (exact) mass is 305 g/mol. The number of piperidine rings is 1. The molecule has 1 saturated heterocycles. The van der Waals surface area contributed by atoms with E-state index in [0.29, 0.717) is 13.0 Å². The van der Waals surface area contributed by atoms with Gasteiger partial charge in [-0.05, 0) is 5.57 Å². The maximum absolute atomic E-state index is 12.5. The molecular weight excluding hydrogens is 286 g/mol. The van der Waals surface area contributed by atoms with Gasteiger partial charge in [0.1, 0.15) is 5.78 Å². The van der Waals surface area contributed by atoms with Crippen LogP contribution in [-0.4, -0.2) is 55.0 Å². The third kappa shape index (κ3) is 2.01. The highest BCUT2D eigenvalue weighted by Gasteiger charge is 2.58. The molecule has 0 aromatic carbocycles. The van der Waals surface area contributed by atoms with E-state index < -0.39 is 17.4 Å². The van der Waals surface area contributed by atoms with E-state index in [1.54, 1.807) is 18.1 Å². The molecular formula is C16H19NO5. The molecule has 0 aromatic heterocycles. The third-order valence-corrected chi connectivity index (χ3v) is 4.98. The number of amides is 1. The lowest BCUT2D eigenvalue weighted by atomic mass is 9.66. The summed E-state index contributed by atoms with van der Waals surface area (Å²) < 4.78 is 10.2. The topological polar surface area (TPSA) is 72.9 Å². The molecule has 0 bridgehead atoms. The molecule has 1 spiro atoms. The van der Waals surface area contributed by atoms with Crippen LogP contribution in [0.15, 0.2) is 23.8 Å². The summed E-state index contributed by atoms with van der Waals surface area (Å²) in [6.45, 7) is 0.389. The standard InChI is InChI=1S/C16H19NO5/c1-21-11-4-3-10-7-14(19)17-6-5-13(18)12(8-15(20)22-2)16(10,17)9-11/h3-4,7,11-12H,5-6,8-9H2,1-2H3/t11-,12-,16+/m1/s1. The Kier molecular flexibility index (Phi) is 3.64. The van der Waals surface area contributed by atoms with Gasteiger partial charge in [-0.25, -0.2) is 0 Å². The number of ketones is 1. The van der Waals surface area contributed by atoms with E-state index in [2.05, 4.69) is 0 Å². The van der Waals surface area contributed by atoms with Crippen LogP contribution >= 0.6 is 0 Å². The van der Waals surface area contributed by atoms with Crippen LogP contribution in [-0.2, 0) is 23.9 Å². The van der Waals surface area contributed by atoms with Crippen molar-refractivity contribution in [3.8, 4) is 0 Å². The van der Waals surface area contributed by atoms with Gasteiger partial charge in [0.25, 0.3) is 0 Å². The molecule has 118 valence electrons. The van der Waals surface area contributed by atoms with Gasteiger partial charge in [-0.1, -0.05) is 12.2 Å². The zero-order valence-electron chi connectivity index (χ0n) is 12.7. The molecule has 1 aliphatic carbocycles. The Bertz CT molecular complexity index is 593. The Morgan fingerprint density at radius 1 is 1.41 bits per heavy atom. The van der Waals surface area contributed by atoms with Crippen molar-refractivity contribution in [1.29, 1.82) is 0 Å². The summed E-state index contributed by atoms with van der Waals surface area (Å²) >= 11 is 0. The number of methoxy groups -OCH3 is 2. The van der Waals surface area contributed by atoms with Gasteiger partial charge in [-0.15, -0.1) is 0 Å². The number of ether oxygens (including phenoxy) is 2. The van der Waals surface area contributed by atoms with Gasteiger partial charge in [-0.2, -0.15) is 0 Å². The molecule has 3 atom stereocenters. The van der Waals surface area contributed by atoms with Crippen molar-refractivity contribution < 1.29 is 23.9 Å². The van der Waals surface area contributed by atoms with Gasteiger partial charge in [0, 0.05) is 32.6 Å². The number of carbonyl (C=O) groups excluding carboxylic acids is 3. The molecule has 22 heavy (non-hydrogen) atoms. The van der Waals surface area contributed by atoms with Crippen molar-refractivity contribution in [2.24, 2.45) is 5.92 Å². The average Bonchev–Trinajstić information content (AvgIpc) is 2.81. The van der Waals surface area contributed by atoms with Crippen LogP contribution in [0, 0.1) is 5.92 Å². The Labute approximate surface area is 128 Å². The molecule has 6 heteroatoms. The summed E-state index contributed by atoms with van der Waals surface area (Å²) in [7, 11) is 2.90. The fourth-order valence-corrected chi connectivity index (χ4v) is 3.89. The van der Waals surface area contributed by atoms with Crippen molar-refractivity contribution in [3.63, 3.8) is 0 Å². The van der Waals surface area contributed by atoms with Crippen LogP contribution in [0.3, 0.4) is 0 Å². The van der Waals surface area contributed by atoms with Crippen molar-refractivity contribution in [2.45, 2.75) is 30.9 Å². The van der Waals surface area contributed by atoms with Crippen molar-refractivity contribution in [2.75, 3.05) is 20.8 Å². The molecule has 0 unspecified atom stereocenters. The maximum Gasteiger partial charge on any atom is 0.306 e. The zero-order chi connectivity index (χ0) is 15.9. The highest BCUT2D eigenvalue weighted by molar-refractivity contribution is 5.99. The normalized spacial score (nSPS) is 33.4. The fraction of sp³-hybridized carbons (Fsp3) is 0.562. The minimum absolute atomic E-state index is 0.00685. The third-order valence-electron chi connectivity index (χ3n) is 4.98. The average molecular weight is 305 g/mol. The minimum atomic E-state index is -0.768. The minimum Gasteiger partial charge on any atom is -0.469 e. The summed E-state index contributed by atoms with van der Waals surface area (Å²) in [4.78, 5) is 38.3. The van der Waals surface area contributed by atoms with E-state index in [1.165, 1.54) is 7.11 Å². The molecule has 2 aliphatic heterocycles. The van der Waals surface area contributed by atoms with Gasteiger partial charge >= 0.3 is 5.97 Å². The van der Waals surface area contributed by atoms with E-state index in [4.69, 9.17) is 9.47 Å². The van der Waals surface area contributed by atoms with Crippen LogP contribution in [0.4, 0.5) is 0 Å². The molecule has 0 N–H and O–H groups in total. The maximum atomic E-state index is 12.5. The Morgan fingerprint density at radius 2 is 2.18 bits per heavy atom. The summed E-state index contributed by atoms with van der Waals surface area (Å²) in [5, 5.41) is 0. The van der Waals surface area contributed by atoms with Gasteiger partial charge < -0.3 is 14.4 Å². The van der Waals surface area contributed by atoms with Gasteiger partial charge in [-0.3, -0.25) is 14.4 Å². The first-order chi connectivity index (χ1) is 10.5. The quantitative estimate of drug-likeness (QED) is 0.715. The number of rotatable bonds is 3. The number of nitrogens with zero attached hydrogens (tertiary/aromatic N) is 1. The van der Waals surface area contributed by atoms with E-state index in [9.17, 15) is 14.4 Å². The van der Waals surface area contributed by atoms with E-state index in [-0.39, 0.29) is 30.6 Å². The van der Waals surface area contributed by atoms with Gasteiger partial charge in [0.05, 0.1) is 31.1 Å². The first-order valence-corrected chi connectivity index (χ1v) is 7.37. The van der Waals surface area contributed by atoms with E-state index in [1.807, 2.05) is 12.2 Å². The first kappa shape index (κ1) is 15.0. The fourth-order valence-electron chi connectivity index (χ4n) is 3.89. The lowest BCUT2D eigenvalue weighted by Crippen LogP contribution is -2.62. The summed E-state index contributed by atoms with van der Waals surface area (Å²) in [5.41, 5.74) is 0.0310. The highest BCUT2D eigenvalue weighted by Crippen LogP contribution is 2.49. The summed E-state index contributed by atoms with van der Waals surface area (Å²) in [5.74, 6) is -1.10. The second-order valence-electron chi connectivity index (χ2n) is 5.90. The second-order valence-corrected chi connectivity index (χ2v) is 5.90. The predicted molar refractivity (Wildman–Crippen MR) is 76.8 cm³/mol. The number of carbonyl (C=O) groups is 3. The smallest absolute Gasteiger partial charge is 0.306 e. The Balaban J connectivity index is 2.06. The molecule has 0 saturated carbocycles. The van der Waals surface area contributed by atoms with Crippen LogP contribution in [0.2, 0.25) is 0 Å². The van der Waals surface area contributed by atoms with E-state index >= 15 is 0 Å². The van der Waals surface area contributed by atoms with Crippen LogP contribution < -0.4 is 0 Å². The zero-order valence-corrected chi connectivity index (χ0v) is 12.7. The van der Waals surface area contributed by atoms with Crippen molar-refractivity contribution in [3.05, 3.63) is 23.8 Å². The van der Waals surface area contributed by atoms with Crippen molar-refractivity contribution in [1.82, 2.24) is 4.90 Å². The SMILES string of the molecule is COC(=O)C[C@@H]1C(=O)CCN2C(=O)C=C3C=C[C@@H](OC)C[C@]312. The van der Waals surface area contributed by atoms with Crippen LogP contribution in [0.25, 0.3) is 0 Å². The lowest BCUT2D eigenvalue weighted by molar-refractivity contribution is -0.152. The van der Waals surface area contributed by atoms with Gasteiger partial charge in [0.2, 0.25) is 5.91 Å². The number of hydrogen-bond acceptors (Lipinski definition) is 5. The Hall–Kier alpha value is -1.95. The first-order valence-electron chi connectivity index (χ1n) is 7.37. The van der Waals surface area contributed by atoms with Crippen molar-refractivity contribution >= 4 is 17.7 Å². The molecule has 6 nitrogen and oxygen atoms in total. The predicted octanol–water partition coefficient (Wildman–Crippen LogP) is 0.621. The molecule has 2 heterocycles. The molecule has 1 fully saturated rings. The number of hydrogen-bond donors (Lipinski definition) is 0. The largest absolute Gasteiger partial charge is 0.469 e. The Morgan fingerprint density at radius 3 is 2.86 bits per heavy atom. The molecule has 1 amide bonds. The summed E-state index contributed by atoms with van der Waals surface area (Å²) in [6, 6.07) is 0. The summed E-state index contributed by atoms with van der Waals surface area (Å²) in [6.07, 6.45) is 5.88. The highest BCUT2D eigenvalue weighted by atomic mass is 16.5. The van der Waals surface area contributed by atoms with Crippen LogP contribution in [0.1, 0.15) is 19.3 Å². The molecule has 0 aromatic rings. The number of Topliss-reactive ketones (excluding diaryl/α,β-unsaturated/α-hetero) is 1. The van der Waals surface area contributed by atoms with E-state index in [0.717, 1.165) is 5.57 Å². The van der Waals surface area contributed by atoms with Gasteiger partial charge in [0.15, 0.2) is 0 Å². The molecule has 3 rings (SSSR count). The van der Waals surface area contributed by atoms with Crippen LogP contribution in [0.5, 0.6) is 0 Å². The lowest BCUT2D eigenvalue weighted by Gasteiger charge is -2.50. The second kappa shape index (κ2) is 5.35. The number of esters is 1. The molecule has 3 aliphatic rings. The molecule has 0 radical (unpaired) electrons.